The summed E-state index contributed by atoms with van der Waals surface area (Å²) in [6.45, 7) is 7.40. The van der Waals surface area contributed by atoms with Gasteiger partial charge in [-0.3, -0.25) is 10.0 Å². The Kier molecular flexibility index (Phi) is 12.1. The van der Waals surface area contributed by atoms with Crippen LogP contribution in [0.4, 0.5) is 10.5 Å². The van der Waals surface area contributed by atoms with Crippen molar-refractivity contribution in [1.29, 1.82) is 0 Å². The fraction of sp³-hybridized carbons (Fsp3) is 0.500. The van der Waals surface area contributed by atoms with Gasteiger partial charge in [-0.2, -0.15) is 5.06 Å². The van der Waals surface area contributed by atoms with Crippen molar-refractivity contribution in [1.82, 2.24) is 0 Å². The highest BCUT2D eigenvalue weighted by Gasteiger charge is 2.15. The normalized spacial score (nSPS) is 10.4. The fourth-order valence-electron chi connectivity index (χ4n) is 2.40. The summed E-state index contributed by atoms with van der Waals surface area (Å²) in [6, 6.07) is 6.67. The van der Waals surface area contributed by atoms with Crippen LogP contribution >= 0.6 is 0 Å². The van der Waals surface area contributed by atoms with Gasteiger partial charge in [-0.1, -0.05) is 32.1 Å². The topological polar surface area (TPSA) is 102 Å². The molecule has 0 radical (unpaired) electrons. The van der Waals surface area contributed by atoms with Crippen LogP contribution in [0.3, 0.4) is 0 Å². The number of anilines is 1. The maximum absolute atomic E-state index is 11.9. The van der Waals surface area contributed by atoms with Gasteiger partial charge in [0.05, 0.1) is 12.3 Å². The lowest BCUT2D eigenvalue weighted by Gasteiger charge is -2.16. The van der Waals surface area contributed by atoms with Crippen molar-refractivity contribution in [3.63, 3.8) is 0 Å². The Hall–Kier alpha value is -2.71. The number of rotatable bonds is 14. The molecule has 0 atom stereocenters. The molecule has 0 aliphatic heterocycles. The first-order chi connectivity index (χ1) is 14.3. The summed E-state index contributed by atoms with van der Waals surface area (Å²) in [5, 5.41) is 10.4. The molecule has 0 aromatic heterocycles. The van der Waals surface area contributed by atoms with Crippen LogP contribution in [0.25, 0.3) is 0 Å². The molecule has 1 N–H and O–H groups in total. The molecule has 1 aromatic rings. The number of unbranched alkanes of at least 4 members (excludes halogenated alkanes) is 2. The Labute approximate surface area is 177 Å². The van der Waals surface area contributed by atoms with Crippen LogP contribution in [0.2, 0.25) is 0 Å². The number of hydrogen-bond acceptors (Lipinski definition) is 7. The van der Waals surface area contributed by atoms with Crippen molar-refractivity contribution >= 4 is 23.5 Å². The summed E-state index contributed by atoms with van der Waals surface area (Å²) < 4.78 is 15.3. The zero-order chi connectivity index (χ0) is 22.4. The molecule has 30 heavy (non-hydrogen) atoms. The maximum atomic E-state index is 11.9. The van der Waals surface area contributed by atoms with Gasteiger partial charge in [0.25, 0.3) is 0 Å². The highest BCUT2D eigenvalue weighted by atomic mass is 16.6. The van der Waals surface area contributed by atoms with E-state index in [1.54, 1.807) is 18.2 Å². The molecule has 0 heterocycles. The van der Waals surface area contributed by atoms with Gasteiger partial charge in [0.1, 0.15) is 19.0 Å². The second-order valence-electron chi connectivity index (χ2n) is 6.77. The van der Waals surface area contributed by atoms with Gasteiger partial charge in [-0.25, -0.2) is 9.59 Å². The zero-order valence-corrected chi connectivity index (χ0v) is 17.7. The fourth-order valence-corrected chi connectivity index (χ4v) is 2.40. The first-order valence-electron chi connectivity index (χ1n) is 10.0. The van der Waals surface area contributed by atoms with E-state index >= 15 is 0 Å². The molecule has 1 amide bonds. The molecule has 0 fully saturated rings. The minimum Gasteiger partial charge on any atom is -0.459 e. The van der Waals surface area contributed by atoms with Gasteiger partial charge < -0.3 is 14.2 Å². The van der Waals surface area contributed by atoms with E-state index < -0.39 is 12.1 Å². The molecule has 1 aromatic carbocycles. The van der Waals surface area contributed by atoms with Crippen LogP contribution in [0, 0.1) is 0 Å². The molecule has 0 aliphatic rings. The van der Waals surface area contributed by atoms with Gasteiger partial charge in [-0.15, -0.1) is 0 Å². The minimum atomic E-state index is -0.985. The molecular weight excluding hydrogens is 390 g/mol. The number of carbonyl (C=O) groups is 3. The predicted octanol–water partition coefficient (Wildman–Crippen LogP) is 4.19. The first kappa shape index (κ1) is 25.3. The predicted molar refractivity (Wildman–Crippen MR) is 111 cm³/mol. The quantitative estimate of drug-likeness (QED) is 0.158. The first-order valence-corrected chi connectivity index (χ1v) is 10.0. The molecule has 1 rings (SSSR count). The van der Waals surface area contributed by atoms with Crippen LogP contribution in [0.5, 0.6) is 0 Å². The second-order valence-corrected chi connectivity index (χ2v) is 6.77. The van der Waals surface area contributed by atoms with E-state index in [9.17, 15) is 19.6 Å². The number of esters is 1. The summed E-state index contributed by atoms with van der Waals surface area (Å²) in [7, 11) is 0. The van der Waals surface area contributed by atoms with E-state index in [1.165, 1.54) is 6.92 Å². The van der Waals surface area contributed by atoms with E-state index in [4.69, 9.17) is 14.2 Å². The summed E-state index contributed by atoms with van der Waals surface area (Å²) >= 11 is 0. The van der Waals surface area contributed by atoms with E-state index in [-0.39, 0.29) is 30.3 Å². The highest BCUT2D eigenvalue weighted by Crippen LogP contribution is 2.16. The molecule has 0 unspecified atom stereocenters. The molecular formula is C22H31NO7. The summed E-state index contributed by atoms with van der Waals surface area (Å²) in [6.07, 6.45) is 2.90. The number of ether oxygens (including phenoxy) is 3. The zero-order valence-electron chi connectivity index (χ0n) is 17.7. The van der Waals surface area contributed by atoms with Crippen LogP contribution in [-0.2, 0) is 30.4 Å². The molecule has 166 valence electrons. The summed E-state index contributed by atoms with van der Waals surface area (Å²) in [5.74, 6) is -0.290. The van der Waals surface area contributed by atoms with Crippen molar-refractivity contribution in [2.75, 3.05) is 24.9 Å². The van der Waals surface area contributed by atoms with Crippen LogP contribution in [-0.4, -0.2) is 42.9 Å². The van der Waals surface area contributed by atoms with Crippen molar-refractivity contribution in [2.24, 2.45) is 0 Å². The third-order valence-corrected chi connectivity index (χ3v) is 4.13. The van der Waals surface area contributed by atoms with E-state index in [0.717, 1.165) is 24.8 Å². The Balaban J connectivity index is 2.32. The van der Waals surface area contributed by atoms with Gasteiger partial charge >= 0.3 is 12.1 Å². The number of Topliss-reactive ketones (excluding diaryl/α,β-unsaturated/α-hetero) is 1. The van der Waals surface area contributed by atoms with Crippen molar-refractivity contribution < 1.29 is 33.8 Å². The number of benzene rings is 1. The lowest BCUT2D eigenvalue weighted by atomic mass is 10.1. The molecule has 0 bridgehead atoms. The standard InChI is InChI=1S/C22H31NO7/c1-4-20(24)11-6-5-7-12-28-16-18-9-8-10-19(15-18)23(27)22(26)30-14-13-29-21(25)17(2)3/h8-10,15,27H,2,4-7,11-14,16H2,1,3H3. The molecule has 0 saturated heterocycles. The van der Waals surface area contributed by atoms with Crippen molar-refractivity contribution in [3.05, 3.63) is 42.0 Å². The smallest absolute Gasteiger partial charge is 0.438 e. The maximum Gasteiger partial charge on any atom is 0.438 e. The lowest BCUT2D eigenvalue weighted by Crippen LogP contribution is -2.29. The van der Waals surface area contributed by atoms with Gasteiger partial charge in [0.2, 0.25) is 0 Å². The number of amides is 1. The average Bonchev–Trinajstić information content (AvgIpc) is 2.74. The third kappa shape index (κ3) is 10.2. The Morgan fingerprint density at radius 3 is 2.50 bits per heavy atom. The molecule has 8 nitrogen and oxygen atoms in total. The van der Waals surface area contributed by atoms with Gasteiger partial charge in [-0.05, 0) is 37.5 Å². The van der Waals surface area contributed by atoms with Crippen LogP contribution in [0.1, 0.15) is 51.5 Å². The Morgan fingerprint density at radius 1 is 1.07 bits per heavy atom. The van der Waals surface area contributed by atoms with E-state index in [0.29, 0.717) is 31.1 Å². The number of nitrogens with zero attached hydrogens (tertiary/aromatic N) is 1. The lowest BCUT2D eigenvalue weighted by molar-refractivity contribution is -0.139. The number of carbonyl (C=O) groups excluding carboxylic acids is 3. The number of hydroxylamine groups is 1. The molecule has 0 aliphatic carbocycles. The van der Waals surface area contributed by atoms with Crippen molar-refractivity contribution in [3.8, 4) is 0 Å². The molecule has 8 heteroatoms. The summed E-state index contributed by atoms with van der Waals surface area (Å²) in [4.78, 5) is 34.4. The largest absolute Gasteiger partial charge is 0.459 e. The molecule has 0 spiro atoms. The van der Waals surface area contributed by atoms with Gasteiger partial charge in [0.15, 0.2) is 0 Å². The van der Waals surface area contributed by atoms with Crippen LogP contribution < -0.4 is 5.06 Å². The minimum absolute atomic E-state index is 0.133. The highest BCUT2D eigenvalue weighted by molar-refractivity contribution is 5.87. The Bertz CT molecular complexity index is 717. The molecule has 0 saturated carbocycles. The van der Waals surface area contributed by atoms with E-state index in [2.05, 4.69) is 6.58 Å². The summed E-state index contributed by atoms with van der Waals surface area (Å²) in [5.41, 5.74) is 1.27. The van der Waals surface area contributed by atoms with Gasteiger partial charge in [0, 0.05) is 25.0 Å². The van der Waals surface area contributed by atoms with Crippen molar-refractivity contribution in [2.45, 2.75) is 52.6 Å². The number of ketones is 1. The Morgan fingerprint density at radius 2 is 1.80 bits per heavy atom. The average molecular weight is 421 g/mol. The number of hydrogen-bond donors (Lipinski definition) is 1. The second kappa shape index (κ2) is 14.3. The SMILES string of the molecule is C=C(C)C(=O)OCCOC(=O)N(O)c1cccc(COCCCCCC(=O)CC)c1. The van der Waals surface area contributed by atoms with E-state index in [1.807, 2.05) is 13.0 Å². The third-order valence-electron chi connectivity index (χ3n) is 4.13. The monoisotopic (exact) mass is 421 g/mol. The van der Waals surface area contributed by atoms with Crippen LogP contribution in [0.15, 0.2) is 36.4 Å².